The lowest BCUT2D eigenvalue weighted by molar-refractivity contribution is -0.117. The maximum atomic E-state index is 12.6. The number of aromatic amines is 1. The summed E-state index contributed by atoms with van der Waals surface area (Å²) < 4.78 is 15.5. The van der Waals surface area contributed by atoms with Crippen LogP contribution in [0, 0.1) is 6.92 Å². The van der Waals surface area contributed by atoms with Crippen LogP contribution >= 0.6 is 19.6 Å². The van der Waals surface area contributed by atoms with Gasteiger partial charge in [0.25, 0.3) is 5.56 Å². The van der Waals surface area contributed by atoms with Crippen molar-refractivity contribution in [1.82, 2.24) is 14.9 Å². The number of H-pyrrole nitrogens is 1. The SMILES string of the molecule is C/C(=C(\CCOP(=O)(O)O)SC(=O)c1ccccc1)N(C=O)Cc1cnc(C)[nH]c1=O. The molecule has 0 bridgehead atoms. The van der Waals surface area contributed by atoms with Gasteiger partial charge in [-0.15, -0.1) is 0 Å². The lowest BCUT2D eigenvalue weighted by Crippen LogP contribution is -2.26. The number of nitrogens with one attached hydrogen (secondary N) is 1. The Bertz CT molecular complexity index is 1070. The summed E-state index contributed by atoms with van der Waals surface area (Å²) in [6.45, 7) is 2.73. The van der Waals surface area contributed by atoms with Crippen molar-refractivity contribution in [3.63, 3.8) is 0 Å². The number of carbonyl (C=O) groups is 2. The molecule has 12 heteroatoms. The number of rotatable bonds is 10. The van der Waals surface area contributed by atoms with E-state index in [-0.39, 0.29) is 30.3 Å². The Morgan fingerprint density at radius 1 is 1.32 bits per heavy atom. The molecule has 31 heavy (non-hydrogen) atoms. The van der Waals surface area contributed by atoms with E-state index >= 15 is 0 Å². The highest BCUT2D eigenvalue weighted by Crippen LogP contribution is 2.37. The van der Waals surface area contributed by atoms with Crippen LogP contribution in [0.1, 0.15) is 35.1 Å². The van der Waals surface area contributed by atoms with E-state index in [1.165, 1.54) is 11.1 Å². The number of phosphoric ester groups is 1. The van der Waals surface area contributed by atoms with Crippen molar-refractivity contribution in [3.8, 4) is 0 Å². The van der Waals surface area contributed by atoms with Crippen LogP contribution in [0.15, 0.2) is 51.9 Å². The molecule has 2 rings (SSSR count). The number of nitrogens with zero attached hydrogens (tertiary/aromatic N) is 2. The highest BCUT2D eigenvalue weighted by atomic mass is 32.2. The average Bonchev–Trinajstić information content (AvgIpc) is 2.71. The topological polar surface area (TPSA) is 150 Å². The number of amides is 1. The standard InChI is InChI=1S/C19H22N3O7PS/c1-13(22(12-23)11-16-10-20-14(2)21-18(16)24)17(8-9-29-30(26,27)28)31-19(25)15-6-4-3-5-7-15/h3-7,10,12H,8-9,11H2,1-2H3,(H,20,21,24)(H2,26,27,28)/b17-13-. The molecular formula is C19H22N3O7PS. The van der Waals surface area contributed by atoms with Gasteiger partial charge in [0.05, 0.1) is 18.7 Å². The van der Waals surface area contributed by atoms with E-state index in [1.807, 2.05) is 0 Å². The second-order valence-electron chi connectivity index (χ2n) is 6.39. The number of thioether (sulfide) groups is 1. The molecule has 0 aliphatic rings. The fourth-order valence-corrected chi connectivity index (χ4v) is 3.77. The summed E-state index contributed by atoms with van der Waals surface area (Å²) in [7, 11) is -4.69. The molecule has 0 aliphatic heterocycles. The highest BCUT2D eigenvalue weighted by molar-refractivity contribution is 8.17. The van der Waals surface area contributed by atoms with Crippen LogP contribution in [0.5, 0.6) is 0 Å². The summed E-state index contributed by atoms with van der Waals surface area (Å²) in [5.41, 5.74) is 0.609. The van der Waals surface area contributed by atoms with Crippen molar-refractivity contribution < 1.29 is 28.5 Å². The van der Waals surface area contributed by atoms with Gasteiger partial charge in [-0.3, -0.25) is 18.9 Å². The molecule has 166 valence electrons. The molecule has 3 N–H and O–H groups in total. The summed E-state index contributed by atoms with van der Waals surface area (Å²) in [4.78, 5) is 62.5. The van der Waals surface area contributed by atoms with E-state index in [0.717, 1.165) is 11.8 Å². The zero-order valence-corrected chi connectivity index (χ0v) is 18.6. The van der Waals surface area contributed by atoms with Crippen molar-refractivity contribution in [3.05, 3.63) is 74.4 Å². The van der Waals surface area contributed by atoms with Crippen molar-refractivity contribution in [1.29, 1.82) is 0 Å². The first-order valence-corrected chi connectivity index (χ1v) is 11.4. The van der Waals surface area contributed by atoms with Crippen molar-refractivity contribution in [2.45, 2.75) is 26.8 Å². The van der Waals surface area contributed by atoms with Gasteiger partial charge >= 0.3 is 7.82 Å². The molecule has 0 atom stereocenters. The fourth-order valence-electron chi connectivity index (χ4n) is 2.51. The van der Waals surface area contributed by atoms with Crippen molar-refractivity contribution in [2.75, 3.05) is 6.61 Å². The minimum absolute atomic E-state index is 0.0347. The van der Waals surface area contributed by atoms with Gasteiger partial charge in [-0.2, -0.15) is 0 Å². The number of aryl methyl sites for hydroxylation is 1. The fraction of sp³-hybridized carbons (Fsp3) is 0.263. The smallest absolute Gasteiger partial charge is 0.314 e. The second kappa shape index (κ2) is 11.2. The van der Waals surface area contributed by atoms with Crippen LogP contribution < -0.4 is 5.56 Å². The van der Waals surface area contributed by atoms with Crippen LogP contribution in [-0.4, -0.2) is 42.8 Å². The molecule has 0 radical (unpaired) electrons. The molecule has 0 saturated carbocycles. The van der Waals surface area contributed by atoms with Crippen molar-refractivity contribution >= 4 is 31.1 Å². The second-order valence-corrected chi connectivity index (χ2v) is 8.70. The molecule has 10 nitrogen and oxygen atoms in total. The van der Waals surface area contributed by atoms with Gasteiger partial charge in [0.1, 0.15) is 5.82 Å². The molecule has 1 heterocycles. The number of hydrogen-bond donors (Lipinski definition) is 3. The molecule has 1 aromatic carbocycles. The number of carbonyl (C=O) groups excluding carboxylic acids is 2. The van der Waals surface area contributed by atoms with Gasteiger partial charge in [0, 0.05) is 28.8 Å². The van der Waals surface area contributed by atoms with Gasteiger partial charge < -0.3 is 19.7 Å². The maximum Gasteiger partial charge on any atom is 0.469 e. The first-order valence-electron chi connectivity index (χ1n) is 9.04. The Balaban J connectivity index is 2.31. The quantitative estimate of drug-likeness (QED) is 0.353. The predicted molar refractivity (Wildman–Crippen MR) is 115 cm³/mol. The molecule has 0 unspecified atom stereocenters. The van der Waals surface area contributed by atoms with E-state index in [4.69, 9.17) is 9.79 Å². The monoisotopic (exact) mass is 467 g/mol. The van der Waals surface area contributed by atoms with E-state index in [1.54, 1.807) is 44.2 Å². The van der Waals surface area contributed by atoms with Gasteiger partial charge in [-0.05, 0) is 25.6 Å². The number of hydrogen-bond acceptors (Lipinski definition) is 7. The molecule has 2 aromatic rings. The normalized spacial score (nSPS) is 12.3. The lowest BCUT2D eigenvalue weighted by Gasteiger charge is -2.21. The predicted octanol–water partition coefficient (Wildman–Crippen LogP) is 2.34. The summed E-state index contributed by atoms with van der Waals surface area (Å²) in [5.74, 6) is 0.429. The molecule has 0 fully saturated rings. The molecular weight excluding hydrogens is 445 g/mol. The Hall–Kier alpha value is -2.56. The Morgan fingerprint density at radius 2 is 2.00 bits per heavy atom. The first kappa shape index (κ1) is 24.7. The van der Waals surface area contributed by atoms with Gasteiger partial charge in [0.2, 0.25) is 11.5 Å². The Morgan fingerprint density at radius 3 is 2.58 bits per heavy atom. The van der Waals surface area contributed by atoms with Gasteiger partial charge in [-0.25, -0.2) is 9.55 Å². The number of benzene rings is 1. The average molecular weight is 467 g/mol. The lowest BCUT2D eigenvalue weighted by atomic mass is 10.2. The Labute approximate surface area is 182 Å². The van der Waals surface area contributed by atoms with Gasteiger partial charge in [0.15, 0.2) is 0 Å². The van der Waals surface area contributed by atoms with E-state index in [0.29, 0.717) is 28.4 Å². The number of phosphoric acid groups is 1. The van der Waals surface area contributed by atoms with Crippen LogP contribution in [0.25, 0.3) is 0 Å². The third-order valence-corrected chi connectivity index (χ3v) is 5.80. The zero-order valence-electron chi connectivity index (χ0n) is 16.8. The van der Waals surface area contributed by atoms with Gasteiger partial charge in [-0.1, -0.05) is 30.3 Å². The van der Waals surface area contributed by atoms with Crippen LogP contribution in [0.3, 0.4) is 0 Å². The van der Waals surface area contributed by atoms with Crippen molar-refractivity contribution in [2.24, 2.45) is 0 Å². The Kier molecular flexibility index (Phi) is 8.90. The van der Waals surface area contributed by atoms with E-state index in [2.05, 4.69) is 14.5 Å². The van der Waals surface area contributed by atoms with E-state index in [9.17, 15) is 18.9 Å². The molecule has 1 amide bonds. The number of allylic oxidation sites excluding steroid dienone is 1. The maximum absolute atomic E-state index is 12.6. The van der Waals surface area contributed by atoms with Crippen LogP contribution in [0.4, 0.5) is 0 Å². The largest absolute Gasteiger partial charge is 0.469 e. The third-order valence-electron chi connectivity index (χ3n) is 4.12. The minimum atomic E-state index is -4.69. The molecule has 0 aliphatic carbocycles. The summed E-state index contributed by atoms with van der Waals surface area (Å²) >= 11 is 0.823. The molecule has 0 saturated heterocycles. The minimum Gasteiger partial charge on any atom is -0.314 e. The zero-order chi connectivity index (χ0) is 23.0. The van der Waals surface area contributed by atoms with Crippen LogP contribution in [0.2, 0.25) is 0 Å². The summed E-state index contributed by atoms with van der Waals surface area (Å²) in [5, 5.41) is -0.313. The molecule has 1 aromatic heterocycles. The third kappa shape index (κ3) is 7.89. The summed E-state index contributed by atoms with van der Waals surface area (Å²) in [6, 6.07) is 8.43. The van der Waals surface area contributed by atoms with Crippen LogP contribution in [-0.2, 0) is 20.4 Å². The first-order chi connectivity index (χ1) is 14.6. The summed E-state index contributed by atoms with van der Waals surface area (Å²) in [6.07, 6.45) is 1.83. The number of aromatic nitrogens is 2. The molecule has 0 spiro atoms. The highest BCUT2D eigenvalue weighted by Gasteiger charge is 2.20. The van der Waals surface area contributed by atoms with E-state index < -0.39 is 13.4 Å².